The summed E-state index contributed by atoms with van der Waals surface area (Å²) >= 11 is 0. The molecular weight excluding hydrogens is 452 g/mol. The van der Waals surface area contributed by atoms with Crippen molar-refractivity contribution in [2.24, 2.45) is 0 Å². The minimum absolute atomic E-state index is 0.151. The van der Waals surface area contributed by atoms with E-state index in [9.17, 15) is 9.59 Å². The minimum atomic E-state index is -0.404. The van der Waals surface area contributed by atoms with Crippen molar-refractivity contribution >= 4 is 17.6 Å². The summed E-state index contributed by atoms with van der Waals surface area (Å²) < 4.78 is 17.6. The molecule has 0 radical (unpaired) electrons. The Bertz CT molecular complexity index is 1230. The van der Waals surface area contributed by atoms with Gasteiger partial charge in [-0.1, -0.05) is 6.58 Å². The van der Waals surface area contributed by atoms with Crippen LogP contribution in [0.3, 0.4) is 0 Å². The molecule has 4 rings (SSSR count). The van der Waals surface area contributed by atoms with Crippen LogP contribution in [-0.4, -0.2) is 78.5 Å². The molecule has 11 heteroatoms. The number of hydrogen-bond donors (Lipinski definition) is 2. The average Bonchev–Trinajstić information content (AvgIpc) is 3.33. The first-order valence-electron chi connectivity index (χ1n) is 11.2. The Kier molecular flexibility index (Phi) is 7.46. The Labute approximate surface area is 202 Å². The zero-order chi connectivity index (χ0) is 24.8. The van der Waals surface area contributed by atoms with Crippen LogP contribution in [0.1, 0.15) is 16.9 Å². The summed E-state index contributed by atoms with van der Waals surface area (Å²) in [6.45, 7) is 6.46. The maximum absolute atomic E-state index is 12.8. The van der Waals surface area contributed by atoms with E-state index in [0.29, 0.717) is 62.1 Å². The fourth-order valence-corrected chi connectivity index (χ4v) is 3.71. The molecule has 1 fully saturated rings. The van der Waals surface area contributed by atoms with E-state index in [-0.39, 0.29) is 11.7 Å². The number of nitrogens with zero attached hydrogens (tertiary/aromatic N) is 4. The Morgan fingerprint density at radius 3 is 2.63 bits per heavy atom. The molecule has 0 bridgehead atoms. The van der Waals surface area contributed by atoms with Crippen molar-refractivity contribution < 1.29 is 23.8 Å². The molecule has 11 nitrogen and oxygen atoms in total. The normalized spacial score (nSPS) is 13.4. The van der Waals surface area contributed by atoms with E-state index in [1.54, 1.807) is 48.0 Å². The molecule has 3 aromatic rings. The van der Waals surface area contributed by atoms with Crippen molar-refractivity contribution in [2.75, 3.05) is 47.1 Å². The summed E-state index contributed by atoms with van der Waals surface area (Å²) in [7, 11) is 3.15. The molecule has 0 unspecified atom stereocenters. The van der Waals surface area contributed by atoms with E-state index in [4.69, 9.17) is 14.2 Å². The number of ether oxygens (including phenoxy) is 3. The van der Waals surface area contributed by atoms with Gasteiger partial charge >= 0.3 is 6.03 Å². The lowest BCUT2D eigenvalue weighted by Gasteiger charge is -2.27. The van der Waals surface area contributed by atoms with Gasteiger partial charge < -0.3 is 29.7 Å². The van der Waals surface area contributed by atoms with Gasteiger partial charge in [-0.15, -0.1) is 0 Å². The Hall–Kier alpha value is -4.12. The van der Waals surface area contributed by atoms with Crippen LogP contribution in [-0.2, 0) is 4.74 Å². The molecule has 0 saturated carbocycles. The highest BCUT2D eigenvalue weighted by Gasteiger charge is 2.18. The summed E-state index contributed by atoms with van der Waals surface area (Å²) in [5, 5.41) is 10.0. The van der Waals surface area contributed by atoms with Crippen molar-refractivity contribution in [1.29, 1.82) is 0 Å². The van der Waals surface area contributed by atoms with Gasteiger partial charge in [0.05, 0.1) is 33.1 Å². The number of nitrogens with one attached hydrogen (secondary N) is 2. The minimum Gasteiger partial charge on any atom is -0.493 e. The zero-order valence-electron chi connectivity index (χ0n) is 19.7. The number of methoxy groups -OCH3 is 2. The van der Waals surface area contributed by atoms with Gasteiger partial charge in [0.2, 0.25) is 0 Å². The van der Waals surface area contributed by atoms with E-state index in [2.05, 4.69) is 27.3 Å². The quantitative estimate of drug-likeness (QED) is 0.507. The molecule has 0 aliphatic carbocycles. The predicted molar refractivity (Wildman–Crippen MR) is 129 cm³/mol. The van der Waals surface area contributed by atoms with Crippen LogP contribution in [0.2, 0.25) is 0 Å². The predicted octanol–water partition coefficient (Wildman–Crippen LogP) is 2.09. The molecule has 1 aliphatic rings. The third-order valence-electron chi connectivity index (χ3n) is 5.56. The first-order chi connectivity index (χ1) is 17.0. The number of fused-ring (bicyclic) bond motifs is 1. The van der Waals surface area contributed by atoms with E-state index >= 15 is 0 Å². The van der Waals surface area contributed by atoms with Crippen LogP contribution < -0.4 is 20.1 Å². The molecular formula is C24H28N6O5. The lowest BCUT2D eigenvalue weighted by atomic mass is 10.1. The number of carbonyl (C=O) groups excluding carboxylic acids is 2. The maximum Gasteiger partial charge on any atom is 0.317 e. The number of morpholine rings is 1. The highest BCUT2D eigenvalue weighted by Crippen LogP contribution is 2.32. The van der Waals surface area contributed by atoms with E-state index in [1.807, 2.05) is 12.1 Å². The third kappa shape index (κ3) is 5.52. The first-order valence-corrected chi connectivity index (χ1v) is 11.2. The average molecular weight is 481 g/mol. The fraction of sp³-hybridized carbons (Fsp3) is 0.333. The summed E-state index contributed by atoms with van der Waals surface area (Å²) in [5.74, 6) is 0.789. The number of amides is 3. The summed E-state index contributed by atoms with van der Waals surface area (Å²) in [6.07, 6.45) is 2.05. The van der Waals surface area contributed by atoms with Gasteiger partial charge in [0.25, 0.3) is 5.91 Å². The molecule has 2 N–H and O–H groups in total. The van der Waals surface area contributed by atoms with Gasteiger partial charge in [0.15, 0.2) is 22.8 Å². The summed E-state index contributed by atoms with van der Waals surface area (Å²) in [4.78, 5) is 31.0. The molecule has 1 aliphatic heterocycles. The van der Waals surface area contributed by atoms with Crippen molar-refractivity contribution in [2.45, 2.75) is 6.42 Å². The lowest BCUT2D eigenvalue weighted by molar-refractivity contribution is 0.0533. The SMILES string of the molecule is C=C(CCNC(=O)N1CCOCC1)NC(=O)c1cc2nccc(-c3ccc(OC)c(OC)c3)n2n1. The molecule has 1 aromatic carbocycles. The highest BCUT2D eigenvalue weighted by atomic mass is 16.5. The smallest absolute Gasteiger partial charge is 0.317 e. The number of aromatic nitrogens is 3. The second-order valence-corrected chi connectivity index (χ2v) is 7.84. The molecule has 184 valence electrons. The highest BCUT2D eigenvalue weighted by molar-refractivity contribution is 5.94. The van der Waals surface area contributed by atoms with E-state index in [1.165, 1.54) is 0 Å². The zero-order valence-corrected chi connectivity index (χ0v) is 19.7. The molecule has 35 heavy (non-hydrogen) atoms. The van der Waals surface area contributed by atoms with Gasteiger partial charge in [-0.2, -0.15) is 5.10 Å². The molecule has 2 aromatic heterocycles. The second kappa shape index (κ2) is 10.9. The second-order valence-electron chi connectivity index (χ2n) is 7.84. The lowest BCUT2D eigenvalue weighted by Crippen LogP contribution is -2.46. The maximum atomic E-state index is 12.8. The molecule has 1 saturated heterocycles. The Morgan fingerprint density at radius 1 is 1.11 bits per heavy atom. The number of benzene rings is 1. The van der Waals surface area contributed by atoms with Crippen LogP contribution in [0.5, 0.6) is 11.5 Å². The Morgan fingerprint density at radius 2 is 1.89 bits per heavy atom. The van der Waals surface area contributed by atoms with Crippen LogP contribution in [0.25, 0.3) is 16.9 Å². The monoisotopic (exact) mass is 480 g/mol. The number of carbonyl (C=O) groups is 2. The van der Waals surface area contributed by atoms with Gasteiger partial charge in [0, 0.05) is 49.6 Å². The Balaban J connectivity index is 1.40. The van der Waals surface area contributed by atoms with Crippen molar-refractivity contribution in [3.63, 3.8) is 0 Å². The van der Waals surface area contributed by atoms with E-state index < -0.39 is 5.91 Å². The molecule has 3 amide bonds. The van der Waals surface area contributed by atoms with Crippen LogP contribution in [0, 0.1) is 0 Å². The van der Waals surface area contributed by atoms with Crippen LogP contribution >= 0.6 is 0 Å². The number of hydrogen-bond acceptors (Lipinski definition) is 7. The topological polar surface area (TPSA) is 119 Å². The molecule has 3 heterocycles. The summed E-state index contributed by atoms with van der Waals surface area (Å²) in [6, 6.07) is 8.78. The van der Waals surface area contributed by atoms with Gasteiger partial charge in [-0.05, 0) is 24.3 Å². The molecule has 0 atom stereocenters. The summed E-state index contributed by atoms with van der Waals surface area (Å²) in [5.41, 5.74) is 2.75. The van der Waals surface area contributed by atoms with Crippen LogP contribution in [0.4, 0.5) is 4.79 Å². The van der Waals surface area contributed by atoms with Crippen molar-refractivity contribution in [1.82, 2.24) is 30.1 Å². The third-order valence-corrected chi connectivity index (χ3v) is 5.56. The van der Waals surface area contributed by atoms with Gasteiger partial charge in [0.1, 0.15) is 0 Å². The van der Waals surface area contributed by atoms with Gasteiger partial charge in [-0.3, -0.25) is 4.79 Å². The van der Waals surface area contributed by atoms with Crippen LogP contribution in [0.15, 0.2) is 48.8 Å². The van der Waals surface area contributed by atoms with E-state index in [0.717, 1.165) is 11.3 Å². The standard InChI is InChI=1S/C24H28N6O5/c1-16(6-8-26-24(32)29-10-12-35-13-11-29)27-23(31)18-15-22-25-9-7-19(30(22)28-18)17-4-5-20(33-2)21(14-17)34-3/h4-5,7,9,14-15H,1,6,8,10-13H2,2-3H3,(H,26,32)(H,27,31). The number of urea groups is 1. The largest absolute Gasteiger partial charge is 0.493 e. The first kappa shape index (κ1) is 24.0. The van der Waals surface area contributed by atoms with Crippen molar-refractivity contribution in [3.8, 4) is 22.8 Å². The number of rotatable bonds is 8. The van der Waals surface area contributed by atoms with Gasteiger partial charge in [-0.25, -0.2) is 14.3 Å². The fourth-order valence-electron chi connectivity index (χ4n) is 3.71. The van der Waals surface area contributed by atoms with Crippen molar-refractivity contribution in [3.05, 3.63) is 54.5 Å². The molecule has 0 spiro atoms.